The van der Waals surface area contributed by atoms with Crippen molar-refractivity contribution in [3.05, 3.63) is 28.8 Å². The Morgan fingerprint density at radius 2 is 1.81 bits per heavy atom. The molecule has 21 heavy (non-hydrogen) atoms. The summed E-state index contributed by atoms with van der Waals surface area (Å²) in [4.78, 5) is 0. The van der Waals surface area contributed by atoms with E-state index < -0.39 is 6.61 Å². The van der Waals surface area contributed by atoms with Gasteiger partial charge in [0.25, 0.3) is 0 Å². The summed E-state index contributed by atoms with van der Waals surface area (Å²) in [5.41, 5.74) is 0.685. The van der Waals surface area contributed by atoms with Crippen LogP contribution in [0.25, 0.3) is 0 Å². The molecular weight excluding hydrogens is 296 g/mol. The Morgan fingerprint density at radius 1 is 1.14 bits per heavy atom. The second-order valence-corrected chi connectivity index (χ2v) is 5.99. The Hall–Kier alpha value is -0.870. The normalized spacial score (nSPS) is 17.5. The summed E-state index contributed by atoms with van der Waals surface area (Å²) >= 11 is 5.95. The zero-order valence-corrected chi connectivity index (χ0v) is 12.8. The van der Waals surface area contributed by atoms with E-state index in [1.807, 2.05) is 0 Å². The van der Waals surface area contributed by atoms with Crippen LogP contribution >= 0.6 is 11.6 Å². The highest BCUT2D eigenvalue weighted by atomic mass is 35.5. The molecule has 1 aromatic carbocycles. The maximum absolute atomic E-state index is 12.4. The van der Waals surface area contributed by atoms with Crippen LogP contribution in [0.4, 0.5) is 8.78 Å². The summed E-state index contributed by atoms with van der Waals surface area (Å²) in [6.45, 7) is -2.31. The summed E-state index contributed by atoms with van der Waals surface area (Å²) in [6.07, 6.45) is 8.65. The summed E-state index contributed by atoms with van der Waals surface area (Å²) in [6, 6.07) is 5.21. The molecule has 1 fully saturated rings. The van der Waals surface area contributed by atoms with Gasteiger partial charge in [-0.05, 0) is 31.0 Å². The summed E-state index contributed by atoms with van der Waals surface area (Å²) in [5.74, 6) is 0.202. The third-order valence-corrected chi connectivity index (χ3v) is 4.16. The van der Waals surface area contributed by atoms with Crippen molar-refractivity contribution in [1.29, 1.82) is 0 Å². The van der Waals surface area contributed by atoms with E-state index in [2.05, 4.69) is 10.1 Å². The van der Waals surface area contributed by atoms with Crippen molar-refractivity contribution < 1.29 is 13.5 Å². The van der Waals surface area contributed by atoms with Crippen molar-refractivity contribution in [2.45, 2.75) is 64.1 Å². The molecule has 1 aliphatic rings. The van der Waals surface area contributed by atoms with E-state index in [0.29, 0.717) is 23.2 Å². The van der Waals surface area contributed by atoms with Crippen molar-refractivity contribution in [3.8, 4) is 5.75 Å². The smallest absolute Gasteiger partial charge is 0.387 e. The van der Waals surface area contributed by atoms with Gasteiger partial charge in [0.1, 0.15) is 5.75 Å². The van der Waals surface area contributed by atoms with Crippen LogP contribution in [0.1, 0.15) is 50.5 Å². The number of rotatable bonds is 5. The lowest BCUT2D eigenvalue weighted by molar-refractivity contribution is -0.0505. The molecule has 0 atom stereocenters. The molecule has 0 bridgehead atoms. The largest absolute Gasteiger partial charge is 0.434 e. The number of halogens is 3. The topological polar surface area (TPSA) is 21.3 Å². The van der Waals surface area contributed by atoms with Gasteiger partial charge in [-0.25, -0.2) is 0 Å². The minimum Gasteiger partial charge on any atom is -0.434 e. The Kier molecular flexibility index (Phi) is 6.71. The van der Waals surface area contributed by atoms with Gasteiger partial charge in [-0.2, -0.15) is 8.78 Å². The molecule has 0 radical (unpaired) electrons. The van der Waals surface area contributed by atoms with Crippen molar-refractivity contribution in [2.24, 2.45) is 0 Å². The molecule has 0 heterocycles. The van der Waals surface area contributed by atoms with Gasteiger partial charge in [-0.15, -0.1) is 0 Å². The zero-order valence-electron chi connectivity index (χ0n) is 12.1. The number of ether oxygens (including phenoxy) is 1. The molecule has 0 unspecified atom stereocenters. The van der Waals surface area contributed by atoms with Crippen molar-refractivity contribution >= 4 is 11.6 Å². The summed E-state index contributed by atoms with van der Waals surface area (Å²) in [7, 11) is 0. The van der Waals surface area contributed by atoms with Gasteiger partial charge in [0.15, 0.2) is 0 Å². The van der Waals surface area contributed by atoms with E-state index in [9.17, 15) is 8.78 Å². The highest BCUT2D eigenvalue weighted by molar-refractivity contribution is 6.30. The van der Waals surface area contributed by atoms with E-state index >= 15 is 0 Å². The molecule has 1 N–H and O–H groups in total. The van der Waals surface area contributed by atoms with Gasteiger partial charge >= 0.3 is 6.61 Å². The molecule has 0 amide bonds. The molecule has 1 saturated carbocycles. The van der Waals surface area contributed by atoms with Gasteiger partial charge in [-0.1, -0.05) is 43.7 Å². The number of alkyl halides is 2. The predicted molar refractivity (Wildman–Crippen MR) is 81.0 cm³/mol. The van der Waals surface area contributed by atoms with E-state index in [0.717, 1.165) is 12.8 Å². The lowest BCUT2D eigenvalue weighted by atomic mass is 9.96. The Labute approximate surface area is 129 Å². The van der Waals surface area contributed by atoms with E-state index in [1.165, 1.54) is 38.2 Å². The third-order valence-electron chi connectivity index (χ3n) is 3.92. The first kappa shape index (κ1) is 16.5. The van der Waals surface area contributed by atoms with Crippen LogP contribution in [-0.2, 0) is 6.54 Å². The van der Waals surface area contributed by atoms with Crippen LogP contribution < -0.4 is 10.1 Å². The van der Waals surface area contributed by atoms with E-state index in [4.69, 9.17) is 11.6 Å². The van der Waals surface area contributed by atoms with Gasteiger partial charge in [0.05, 0.1) is 0 Å². The average molecular weight is 318 g/mol. The van der Waals surface area contributed by atoms with Gasteiger partial charge in [-0.3, -0.25) is 0 Å². The maximum atomic E-state index is 12.4. The van der Waals surface area contributed by atoms with Crippen LogP contribution in [0, 0.1) is 0 Å². The molecule has 0 saturated heterocycles. The van der Waals surface area contributed by atoms with Crippen LogP contribution in [-0.4, -0.2) is 12.7 Å². The van der Waals surface area contributed by atoms with Crippen LogP contribution in [0.5, 0.6) is 5.75 Å². The van der Waals surface area contributed by atoms with Gasteiger partial charge in [0.2, 0.25) is 0 Å². The standard InChI is InChI=1S/C16H22ClF2NO/c17-13-8-9-15(21-16(18)19)12(10-13)11-20-14-6-4-2-1-3-5-7-14/h8-10,14,16,20H,1-7,11H2. The van der Waals surface area contributed by atoms with Gasteiger partial charge < -0.3 is 10.1 Å². The third kappa shape index (κ3) is 5.79. The lowest BCUT2D eigenvalue weighted by Crippen LogP contribution is -2.29. The summed E-state index contributed by atoms with van der Waals surface area (Å²) in [5, 5.41) is 4.00. The van der Waals surface area contributed by atoms with Crippen molar-refractivity contribution in [1.82, 2.24) is 5.32 Å². The molecular formula is C16H22ClF2NO. The fourth-order valence-corrected chi connectivity index (χ4v) is 3.01. The fourth-order valence-electron chi connectivity index (χ4n) is 2.81. The molecule has 2 nitrogen and oxygen atoms in total. The number of nitrogens with one attached hydrogen (secondary N) is 1. The highest BCUT2D eigenvalue weighted by Gasteiger charge is 2.14. The molecule has 0 aliphatic heterocycles. The molecule has 5 heteroatoms. The molecule has 118 valence electrons. The minimum absolute atomic E-state index is 0.202. The van der Waals surface area contributed by atoms with Crippen LogP contribution in [0.15, 0.2) is 18.2 Å². The molecule has 2 rings (SSSR count). The highest BCUT2D eigenvalue weighted by Crippen LogP contribution is 2.25. The first-order valence-corrected chi connectivity index (χ1v) is 7.99. The van der Waals surface area contributed by atoms with Gasteiger partial charge in [0, 0.05) is 23.2 Å². The average Bonchev–Trinajstić information content (AvgIpc) is 2.40. The Balaban J connectivity index is 1.95. The first-order chi connectivity index (χ1) is 10.1. The lowest BCUT2D eigenvalue weighted by Gasteiger charge is -2.22. The maximum Gasteiger partial charge on any atom is 0.387 e. The zero-order chi connectivity index (χ0) is 15.1. The first-order valence-electron chi connectivity index (χ1n) is 7.62. The quantitative estimate of drug-likeness (QED) is 0.811. The summed E-state index contributed by atoms with van der Waals surface area (Å²) < 4.78 is 29.4. The van der Waals surface area contributed by atoms with Crippen LogP contribution in [0.2, 0.25) is 5.02 Å². The van der Waals surface area contributed by atoms with Crippen molar-refractivity contribution in [2.75, 3.05) is 0 Å². The second kappa shape index (κ2) is 8.54. The number of benzene rings is 1. The van der Waals surface area contributed by atoms with E-state index in [-0.39, 0.29) is 5.75 Å². The monoisotopic (exact) mass is 317 g/mol. The SMILES string of the molecule is FC(F)Oc1ccc(Cl)cc1CNC1CCCCCCC1. The van der Waals surface area contributed by atoms with Crippen LogP contribution in [0.3, 0.4) is 0 Å². The number of hydrogen-bond donors (Lipinski definition) is 1. The predicted octanol–water partition coefficient (Wildman–Crippen LogP) is 5.14. The Bertz CT molecular complexity index is 434. The minimum atomic E-state index is -2.81. The van der Waals surface area contributed by atoms with E-state index in [1.54, 1.807) is 12.1 Å². The molecule has 1 aliphatic carbocycles. The molecule has 0 spiro atoms. The van der Waals surface area contributed by atoms with Crippen molar-refractivity contribution in [3.63, 3.8) is 0 Å². The number of hydrogen-bond acceptors (Lipinski definition) is 2. The second-order valence-electron chi connectivity index (χ2n) is 5.55. The molecule has 1 aromatic rings. The molecule has 0 aromatic heterocycles. The Morgan fingerprint density at radius 3 is 2.48 bits per heavy atom. The fraction of sp³-hybridized carbons (Fsp3) is 0.625.